The van der Waals surface area contributed by atoms with Gasteiger partial charge in [-0.15, -0.1) is 11.8 Å². The molecule has 36 heavy (non-hydrogen) atoms. The van der Waals surface area contributed by atoms with Crippen LogP contribution in [-0.4, -0.2) is 34.0 Å². The number of aryl methyl sites for hydroxylation is 1. The van der Waals surface area contributed by atoms with E-state index in [0.717, 1.165) is 22.3 Å². The molecule has 0 heterocycles. The molecule has 0 aliphatic heterocycles. The van der Waals surface area contributed by atoms with Gasteiger partial charge in [0.25, 0.3) is 0 Å². The normalized spacial score (nSPS) is 12.1. The number of nitrogens with one attached hydrogen (secondary N) is 1. The number of hydrogen-bond acceptors (Lipinski definition) is 3. The summed E-state index contributed by atoms with van der Waals surface area (Å²) in [6.45, 7) is 8.18. The van der Waals surface area contributed by atoms with Gasteiger partial charge in [0.15, 0.2) is 0 Å². The van der Waals surface area contributed by atoms with Gasteiger partial charge in [0, 0.05) is 24.3 Å². The highest BCUT2D eigenvalue weighted by Crippen LogP contribution is 2.19. The summed E-state index contributed by atoms with van der Waals surface area (Å²) in [6, 6.07) is 23.5. The average molecular weight is 507 g/mol. The van der Waals surface area contributed by atoms with Crippen molar-refractivity contribution in [2.24, 2.45) is 0 Å². The number of carbonyl (C=O) groups excluding carboxylic acids is 2. The third kappa shape index (κ3) is 8.83. The van der Waals surface area contributed by atoms with Crippen molar-refractivity contribution in [1.29, 1.82) is 0 Å². The van der Waals surface area contributed by atoms with E-state index in [1.807, 2.05) is 82.3 Å². The first-order valence-electron chi connectivity index (χ1n) is 12.1. The first-order valence-corrected chi connectivity index (χ1v) is 13.3. The Morgan fingerprint density at radius 1 is 0.889 bits per heavy atom. The smallest absolute Gasteiger partial charge is 0.243 e. The van der Waals surface area contributed by atoms with Crippen molar-refractivity contribution in [3.05, 3.63) is 107 Å². The summed E-state index contributed by atoms with van der Waals surface area (Å²) in [4.78, 5) is 28.9. The Balaban J connectivity index is 1.85. The van der Waals surface area contributed by atoms with Gasteiger partial charge in [0.1, 0.15) is 11.9 Å². The molecule has 0 aliphatic carbocycles. The standard InChI is InChI=1S/C30H35FN2O2S/c1-22-10-12-24(13-11-22)19-33(28(34)21-36-20-25-14-16-26(31)17-15-25)27(29(35)32-30(2,3)4)18-23-8-6-5-7-9-23/h5-17,27H,18-21H2,1-4H3,(H,32,35)/t27-/m0/s1. The van der Waals surface area contributed by atoms with E-state index in [1.54, 1.807) is 17.0 Å². The second kappa shape index (κ2) is 12.7. The molecule has 0 unspecified atom stereocenters. The summed E-state index contributed by atoms with van der Waals surface area (Å²) in [6.07, 6.45) is 0.420. The minimum absolute atomic E-state index is 0.104. The maximum Gasteiger partial charge on any atom is 0.243 e. The second-order valence-electron chi connectivity index (χ2n) is 10.1. The molecule has 1 N–H and O–H groups in total. The number of hydrogen-bond donors (Lipinski definition) is 1. The Morgan fingerprint density at radius 2 is 1.50 bits per heavy atom. The van der Waals surface area contributed by atoms with Gasteiger partial charge < -0.3 is 10.2 Å². The van der Waals surface area contributed by atoms with Gasteiger partial charge in [-0.2, -0.15) is 0 Å². The molecule has 0 spiro atoms. The maximum atomic E-state index is 13.6. The highest BCUT2D eigenvalue weighted by atomic mass is 32.2. The van der Waals surface area contributed by atoms with Crippen molar-refractivity contribution in [2.75, 3.05) is 5.75 Å². The summed E-state index contributed by atoms with van der Waals surface area (Å²) in [5, 5.41) is 3.08. The third-order valence-corrected chi connectivity index (χ3v) is 6.64. The largest absolute Gasteiger partial charge is 0.350 e. The molecule has 0 fully saturated rings. The van der Waals surface area contributed by atoms with Gasteiger partial charge in [-0.3, -0.25) is 9.59 Å². The molecular weight excluding hydrogens is 471 g/mol. The minimum atomic E-state index is -0.660. The van der Waals surface area contributed by atoms with Crippen LogP contribution >= 0.6 is 11.8 Å². The van der Waals surface area contributed by atoms with Crippen molar-refractivity contribution >= 4 is 23.6 Å². The molecule has 0 radical (unpaired) electrons. The zero-order valence-corrected chi connectivity index (χ0v) is 22.3. The Labute approximate surface area is 218 Å². The Kier molecular flexibility index (Phi) is 9.71. The highest BCUT2D eigenvalue weighted by Gasteiger charge is 2.32. The van der Waals surface area contributed by atoms with Crippen LogP contribution in [0.1, 0.15) is 43.0 Å². The Bertz CT molecular complexity index is 1130. The summed E-state index contributed by atoms with van der Waals surface area (Å²) in [5.74, 6) is 0.250. The SMILES string of the molecule is Cc1ccc(CN(C(=O)CSCc2ccc(F)cc2)[C@@H](Cc2ccccc2)C(=O)NC(C)(C)C)cc1. The van der Waals surface area contributed by atoms with Crippen molar-refractivity contribution in [3.8, 4) is 0 Å². The van der Waals surface area contributed by atoms with Crippen LogP contribution in [-0.2, 0) is 28.3 Å². The predicted molar refractivity (Wildman–Crippen MR) is 146 cm³/mol. The minimum Gasteiger partial charge on any atom is -0.350 e. The summed E-state index contributed by atoms with van der Waals surface area (Å²) < 4.78 is 13.2. The van der Waals surface area contributed by atoms with E-state index in [1.165, 1.54) is 23.9 Å². The van der Waals surface area contributed by atoms with Crippen LogP contribution in [0.15, 0.2) is 78.9 Å². The molecule has 4 nitrogen and oxygen atoms in total. The zero-order chi connectivity index (χ0) is 26.1. The van der Waals surface area contributed by atoms with Crippen LogP contribution in [0.5, 0.6) is 0 Å². The molecule has 0 saturated carbocycles. The molecule has 3 rings (SSSR count). The van der Waals surface area contributed by atoms with Crippen LogP contribution in [0.4, 0.5) is 4.39 Å². The number of carbonyl (C=O) groups is 2. The number of benzene rings is 3. The summed E-state index contributed by atoms with van der Waals surface area (Å²) in [5.41, 5.74) is 3.62. The molecule has 6 heteroatoms. The molecule has 190 valence electrons. The number of amides is 2. The number of rotatable bonds is 10. The van der Waals surface area contributed by atoms with E-state index in [2.05, 4.69) is 5.32 Å². The van der Waals surface area contributed by atoms with Crippen LogP contribution in [0.2, 0.25) is 0 Å². The molecule has 3 aromatic rings. The van der Waals surface area contributed by atoms with Crippen LogP contribution in [0.25, 0.3) is 0 Å². The molecule has 0 saturated heterocycles. The fourth-order valence-corrected chi connectivity index (χ4v) is 4.69. The molecule has 0 bridgehead atoms. The van der Waals surface area contributed by atoms with Gasteiger partial charge in [-0.25, -0.2) is 4.39 Å². The molecular formula is C30H35FN2O2S. The van der Waals surface area contributed by atoms with E-state index in [9.17, 15) is 14.0 Å². The molecule has 0 aliphatic rings. The predicted octanol–water partition coefficient (Wildman–Crippen LogP) is 5.92. The van der Waals surface area contributed by atoms with Gasteiger partial charge in [0.2, 0.25) is 11.8 Å². The van der Waals surface area contributed by atoms with Gasteiger partial charge >= 0.3 is 0 Å². The quantitative estimate of drug-likeness (QED) is 0.371. The zero-order valence-electron chi connectivity index (χ0n) is 21.5. The van der Waals surface area contributed by atoms with Gasteiger partial charge in [0.05, 0.1) is 5.75 Å². The lowest BCUT2D eigenvalue weighted by atomic mass is 10.0. The first kappa shape index (κ1) is 27.5. The maximum absolute atomic E-state index is 13.6. The van der Waals surface area contributed by atoms with Crippen LogP contribution < -0.4 is 5.32 Å². The molecule has 0 aromatic heterocycles. The van der Waals surface area contributed by atoms with Crippen LogP contribution in [0.3, 0.4) is 0 Å². The molecule has 3 aromatic carbocycles. The van der Waals surface area contributed by atoms with E-state index < -0.39 is 11.6 Å². The number of nitrogens with zero attached hydrogens (tertiary/aromatic N) is 1. The van der Waals surface area contributed by atoms with Crippen LogP contribution in [0, 0.1) is 12.7 Å². The van der Waals surface area contributed by atoms with E-state index in [0.29, 0.717) is 18.7 Å². The highest BCUT2D eigenvalue weighted by molar-refractivity contribution is 7.99. The lowest BCUT2D eigenvalue weighted by Gasteiger charge is -2.34. The average Bonchev–Trinajstić information content (AvgIpc) is 2.83. The summed E-state index contributed by atoms with van der Waals surface area (Å²) in [7, 11) is 0. The van der Waals surface area contributed by atoms with Crippen molar-refractivity contribution in [2.45, 2.75) is 58.0 Å². The van der Waals surface area contributed by atoms with Crippen molar-refractivity contribution in [1.82, 2.24) is 10.2 Å². The molecule has 2 amide bonds. The lowest BCUT2D eigenvalue weighted by molar-refractivity contribution is -0.140. The first-order chi connectivity index (χ1) is 17.1. The Hall–Kier alpha value is -3.12. The Morgan fingerprint density at radius 3 is 2.11 bits per heavy atom. The van der Waals surface area contributed by atoms with Gasteiger partial charge in [-0.1, -0.05) is 72.3 Å². The molecule has 1 atom stereocenters. The second-order valence-corrected chi connectivity index (χ2v) is 11.1. The van der Waals surface area contributed by atoms with E-state index in [4.69, 9.17) is 0 Å². The lowest BCUT2D eigenvalue weighted by Crippen LogP contribution is -2.54. The number of thioether (sulfide) groups is 1. The van der Waals surface area contributed by atoms with Gasteiger partial charge in [-0.05, 0) is 56.5 Å². The van der Waals surface area contributed by atoms with Crippen molar-refractivity contribution in [3.63, 3.8) is 0 Å². The summed E-state index contributed by atoms with van der Waals surface area (Å²) >= 11 is 1.46. The fraction of sp³-hybridized carbons (Fsp3) is 0.333. The van der Waals surface area contributed by atoms with E-state index in [-0.39, 0.29) is 23.4 Å². The topological polar surface area (TPSA) is 49.4 Å². The van der Waals surface area contributed by atoms with E-state index >= 15 is 0 Å². The van der Waals surface area contributed by atoms with Crippen molar-refractivity contribution < 1.29 is 14.0 Å². The monoisotopic (exact) mass is 506 g/mol. The fourth-order valence-electron chi connectivity index (χ4n) is 3.82. The number of halogens is 1. The third-order valence-electron chi connectivity index (χ3n) is 5.65.